The van der Waals surface area contributed by atoms with Crippen molar-refractivity contribution in [3.8, 4) is 0 Å². The molecule has 2 aromatic rings. The van der Waals surface area contributed by atoms with E-state index in [1.165, 1.54) is 5.69 Å². The zero-order chi connectivity index (χ0) is 19.4. The van der Waals surface area contributed by atoms with Crippen LogP contribution >= 0.6 is 0 Å². The molecule has 0 radical (unpaired) electrons. The maximum absolute atomic E-state index is 12.4. The highest BCUT2D eigenvalue weighted by Gasteiger charge is 2.17. The Labute approximate surface area is 159 Å². The summed E-state index contributed by atoms with van der Waals surface area (Å²) >= 11 is 0. The molecular formula is C20H29N5O2. The number of nitrogens with one attached hydrogen (secondary N) is 2. The van der Waals surface area contributed by atoms with Gasteiger partial charge in [0.2, 0.25) is 0 Å². The van der Waals surface area contributed by atoms with Crippen LogP contribution in [0.2, 0.25) is 0 Å². The molecule has 0 spiro atoms. The topological polar surface area (TPSA) is 83.0 Å². The Morgan fingerprint density at radius 3 is 2.85 bits per heavy atom. The van der Waals surface area contributed by atoms with Crippen LogP contribution in [0.4, 0.5) is 0 Å². The summed E-state index contributed by atoms with van der Waals surface area (Å²) in [7, 11) is 0. The molecule has 0 aliphatic carbocycles. The van der Waals surface area contributed by atoms with E-state index >= 15 is 0 Å². The van der Waals surface area contributed by atoms with Gasteiger partial charge in [0.05, 0.1) is 17.9 Å². The van der Waals surface area contributed by atoms with E-state index in [0.717, 1.165) is 50.4 Å². The third-order valence-electron chi connectivity index (χ3n) is 4.91. The largest absolute Gasteiger partial charge is 0.346 e. The van der Waals surface area contributed by atoms with Gasteiger partial charge in [0, 0.05) is 25.3 Å². The Hall–Kier alpha value is -2.41. The minimum atomic E-state index is -0.373. The van der Waals surface area contributed by atoms with Crippen LogP contribution in [-0.2, 0) is 19.6 Å². The summed E-state index contributed by atoms with van der Waals surface area (Å²) in [5.41, 5.74) is 2.62. The van der Waals surface area contributed by atoms with Crippen molar-refractivity contribution in [1.29, 1.82) is 0 Å². The third kappa shape index (κ3) is 4.66. The second-order valence-electron chi connectivity index (χ2n) is 7.47. The van der Waals surface area contributed by atoms with Crippen molar-refractivity contribution in [2.75, 3.05) is 13.1 Å². The Morgan fingerprint density at radius 2 is 2.15 bits per heavy atom. The summed E-state index contributed by atoms with van der Waals surface area (Å²) in [6.45, 7) is 10.5. The number of carbonyl (C=O) groups is 1. The fourth-order valence-corrected chi connectivity index (χ4v) is 3.45. The quantitative estimate of drug-likeness (QED) is 0.816. The first-order valence-electron chi connectivity index (χ1n) is 9.77. The molecule has 7 heteroatoms. The van der Waals surface area contributed by atoms with Crippen molar-refractivity contribution in [3.63, 3.8) is 0 Å². The summed E-state index contributed by atoms with van der Waals surface area (Å²) in [6, 6.07) is 5.44. The van der Waals surface area contributed by atoms with Crippen molar-refractivity contribution < 1.29 is 4.79 Å². The summed E-state index contributed by atoms with van der Waals surface area (Å²) < 4.78 is 2.04. The van der Waals surface area contributed by atoms with E-state index in [2.05, 4.69) is 33.3 Å². The van der Waals surface area contributed by atoms with Gasteiger partial charge >= 0.3 is 0 Å². The van der Waals surface area contributed by atoms with Gasteiger partial charge in [-0.05, 0) is 43.5 Å². The Kier molecular flexibility index (Phi) is 6.11. The van der Waals surface area contributed by atoms with Crippen LogP contribution in [0.15, 0.2) is 23.0 Å². The summed E-state index contributed by atoms with van der Waals surface area (Å²) in [5.74, 6) is -0.162. The molecule has 2 N–H and O–H groups in total. The number of aromatic amines is 1. The lowest BCUT2D eigenvalue weighted by Crippen LogP contribution is -2.29. The van der Waals surface area contributed by atoms with Gasteiger partial charge in [0.15, 0.2) is 0 Å². The van der Waals surface area contributed by atoms with Gasteiger partial charge in [0.25, 0.3) is 11.5 Å². The van der Waals surface area contributed by atoms with E-state index < -0.39 is 0 Å². The van der Waals surface area contributed by atoms with Crippen molar-refractivity contribution >= 4 is 5.91 Å². The molecule has 0 unspecified atom stereocenters. The number of fused-ring (bicyclic) bond motifs is 1. The van der Waals surface area contributed by atoms with Gasteiger partial charge in [-0.15, -0.1) is 0 Å². The molecule has 2 aromatic heterocycles. The monoisotopic (exact) mass is 371 g/mol. The molecule has 146 valence electrons. The molecule has 7 nitrogen and oxygen atoms in total. The molecule has 0 saturated heterocycles. The average Bonchev–Trinajstić information content (AvgIpc) is 2.91. The third-order valence-corrected chi connectivity index (χ3v) is 4.91. The lowest BCUT2D eigenvalue weighted by Gasteiger charge is -2.17. The number of H-pyrrole nitrogens is 1. The smallest absolute Gasteiger partial charge is 0.261 e. The van der Waals surface area contributed by atoms with Crippen molar-refractivity contribution in [3.05, 3.63) is 51.2 Å². The molecule has 0 aromatic carbocycles. The number of amides is 1. The van der Waals surface area contributed by atoms with Gasteiger partial charge in [-0.2, -0.15) is 5.10 Å². The second-order valence-corrected chi connectivity index (χ2v) is 7.47. The normalized spacial score (nSPS) is 14.8. The van der Waals surface area contributed by atoms with E-state index in [1.54, 1.807) is 12.1 Å². The van der Waals surface area contributed by atoms with Gasteiger partial charge in [-0.25, -0.2) is 0 Å². The number of aromatic nitrogens is 3. The van der Waals surface area contributed by atoms with E-state index in [9.17, 15) is 9.59 Å². The highest BCUT2D eigenvalue weighted by atomic mass is 16.2. The molecule has 1 aliphatic heterocycles. The number of hydrogen-bond acceptors (Lipinski definition) is 4. The Bertz CT molecular complexity index is 852. The first-order chi connectivity index (χ1) is 13.0. The fourth-order valence-electron chi connectivity index (χ4n) is 3.45. The maximum Gasteiger partial charge on any atom is 0.261 e. The molecule has 3 heterocycles. The fraction of sp³-hybridized carbons (Fsp3) is 0.550. The predicted molar refractivity (Wildman–Crippen MR) is 105 cm³/mol. The predicted octanol–water partition coefficient (Wildman–Crippen LogP) is 2.24. The zero-order valence-corrected chi connectivity index (χ0v) is 16.4. The molecule has 1 aliphatic rings. The number of pyridine rings is 1. The number of carbonyl (C=O) groups excluding carboxylic acids is 1. The van der Waals surface area contributed by atoms with Gasteiger partial charge in [-0.3, -0.25) is 19.2 Å². The SMILES string of the molecule is CCCN1CCCn2nc(CNC(=O)c3ccc(C(C)C)[nH]c3=O)cc2C1. The van der Waals surface area contributed by atoms with Crippen molar-refractivity contribution in [2.24, 2.45) is 0 Å². The van der Waals surface area contributed by atoms with Crippen LogP contribution in [0.25, 0.3) is 0 Å². The average molecular weight is 371 g/mol. The zero-order valence-electron chi connectivity index (χ0n) is 16.4. The van der Waals surface area contributed by atoms with Crippen LogP contribution in [0.1, 0.15) is 67.0 Å². The van der Waals surface area contributed by atoms with Crippen LogP contribution in [-0.4, -0.2) is 38.7 Å². The molecule has 0 saturated carbocycles. The number of rotatable bonds is 6. The van der Waals surface area contributed by atoms with Gasteiger partial charge in [0.1, 0.15) is 5.56 Å². The molecule has 1 amide bonds. The minimum Gasteiger partial charge on any atom is -0.346 e. The maximum atomic E-state index is 12.4. The van der Waals surface area contributed by atoms with Crippen molar-refractivity contribution in [1.82, 2.24) is 25.0 Å². The van der Waals surface area contributed by atoms with E-state index in [-0.39, 0.29) is 22.9 Å². The van der Waals surface area contributed by atoms with E-state index in [4.69, 9.17) is 0 Å². The summed E-state index contributed by atoms with van der Waals surface area (Å²) in [6.07, 6.45) is 2.22. The molecular weight excluding hydrogens is 342 g/mol. The van der Waals surface area contributed by atoms with Crippen molar-refractivity contribution in [2.45, 2.75) is 59.2 Å². The second kappa shape index (κ2) is 8.52. The summed E-state index contributed by atoms with van der Waals surface area (Å²) in [4.78, 5) is 29.8. The van der Waals surface area contributed by atoms with Crippen LogP contribution in [0.5, 0.6) is 0 Å². The highest BCUT2D eigenvalue weighted by Crippen LogP contribution is 2.14. The first kappa shape index (κ1) is 19.4. The highest BCUT2D eigenvalue weighted by molar-refractivity contribution is 5.93. The molecule has 0 bridgehead atoms. The molecule has 3 rings (SSSR count). The van der Waals surface area contributed by atoms with Crippen LogP contribution in [0, 0.1) is 0 Å². The Balaban J connectivity index is 1.65. The summed E-state index contributed by atoms with van der Waals surface area (Å²) in [5, 5.41) is 7.44. The van der Waals surface area contributed by atoms with E-state index in [1.807, 2.05) is 18.5 Å². The van der Waals surface area contributed by atoms with Crippen LogP contribution in [0.3, 0.4) is 0 Å². The molecule has 0 atom stereocenters. The van der Waals surface area contributed by atoms with Gasteiger partial charge in [-0.1, -0.05) is 20.8 Å². The minimum absolute atomic E-state index is 0.134. The number of nitrogens with zero attached hydrogens (tertiary/aromatic N) is 3. The molecule has 0 fully saturated rings. The van der Waals surface area contributed by atoms with Gasteiger partial charge < -0.3 is 10.3 Å². The first-order valence-corrected chi connectivity index (χ1v) is 9.77. The standard InChI is InChI=1S/C20H29N5O2/c1-4-8-24-9-5-10-25-16(13-24)11-15(23-25)12-21-19(26)17-6-7-18(14(2)3)22-20(17)27/h6-7,11,14H,4-5,8-10,12-13H2,1-3H3,(H,21,26)(H,22,27). The van der Waals surface area contributed by atoms with E-state index in [0.29, 0.717) is 6.54 Å². The number of aryl methyl sites for hydroxylation is 1. The molecule has 27 heavy (non-hydrogen) atoms. The number of hydrogen-bond donors (Lipinski definition) is 2. The lowest BCUT2D eigenvalue weighted by atomic mass is 10.1. The van der Waals surface area contributed by atoms with Crippen LogP contribution < -0.4 is 10.9 Å². The Morgan fingerprint density at radius 1 is 1.33 bits per heavy atom. The lowest BCUT2D eigenvalue weighted by molar-refractivity contribution is 0.0948.